The van der Waals surface area contributed by atoms with Gasteiger partial charge in [-0.1, -0.05) is 31.3 Å². The van der Waals surface area contributed by atoms with Crippen LogP contribution in [0.1, 0.15) is 75.9 Å². The highest BCUT2D eigenvalue weighted by atomic mass is 32.2. The lowest BCUT2D eigenvalue weighted by atomic mass is 10.0. The Kier molecular flexibility index (Phi) is 5.58. The number of nitrogens with zero attached hydrogens (tertiary/aromatic N) is 2. The van der Waals surface area contributed by atoms with Crippen LogP contribution in [0.15, 0.2) is 4.52 Å². The topological polar surface area (TPSA) is 51.0 Å². The van der Waals surface area contributed by atoms with Gasteiger partial charge in [0.25, 0.3) is 0 Å². The summed E-state index contributed by atoms with van der Waals surface area (Å²) in [4.78, 5) is 4.67. The largest absolute Gasteiger partial charge is 0.339 e. The number of rotatable bonds is 7. The number of thioether (sulfide) groups is 1. The molecular formula is C16H27N3OS. The highest BCUT2D eigenvalue weighted by Gasteiger charge is 2.32. The van der Waals surface area contributed by atoms with Crippen molar-refractivity contribution in [3.8, 4) is 0 Å². The zero-order valence-electron chi connectivity index (χ0n) is 13.0. The van der Waals surface area contributed by atoms with E-state index in [0.717, 1.165) is 29.3 Å². The monoisotopic (exact) mass is 309 g/mol. The summed E-state index contributed by atoms with van der Waals surface area (Å²) in [7, 11) is 0. The Morgan fingerprint density at radius 2 is 2.05 bits per heavy atom. The molecule has 1 N–H and O–H groups in total. The van der Waals surface area contributed by atoms with Crippen LogP contribution in [0.4, 0.5) is 0 Å². The first-order chi connectivity index (χ1) is 10.4. The summed E-state index contributed by atoms with van der Waals surface area (Å²) in [6.45, 7) is 3.29. The van der Waals surface area contributed by atoms with Crippen molar-refractivity contribution in [1.82, 2.24) is 15.5 Å². The molecule has 0 radical (unpaired) electrons. The fraction of sp³-hybridized carbons (Fsp3) is 0.875. The Hall–Kier alpha value is -0.550. The summed E-state index contributed by atoms with van der Waals surface area (Å²) < 4.78 is 5.56. The molecule has 1 aromatic rings. The molecule has 0 saturated heterocycles. The Labute approximate surface area is 131 Å². The second-order valence-corrected chi connectivity index (χ2v) is 7.65. The number of hydrogen-bond acceptors (Lipinski definition) is 5. The van der Waals surface area contributed by atoms with Crippen molar-refractivity contribution in [2.75, 3.05) is 6.54 Å². The summed E-state index contributed by atoms with van der Waals surface area (Å²) in [5, 5.41) is 8.65. The highest BCUT2D eigenvalue weighted by molar-refractivity contribution is 7.99. The first-order valence-corrected chi connectivity index (χ1v) is 9.59. The summed E-state index contributed by atoms with van der Waals surface area (Å²) in [6, 6.07) is 0.528. The lowest BCUT2D eigenvalue weighted by Crippen LogP contribution is -2.31. The molecule has 0 spiro atoms. The van der Waals surface area contributed by atoms with Gasteiger partial charge in [-0.2, -0.15) is 16.7 Å². The lowest BCUT2D eigenvalue weighted by molar-refractivity contribution is 0.328. The van der Waals surface area contributed by atoms with Crippen molar-refractivity contribution in [3.05, 3.63) is 11.7 Å². The summed E-state index contributed by atoms with van der Waals surface area (Å²) in [6.07, 6.45) is 10.4. The molecule has 2 aliphatic carbocycles. The van der Waals surface area contributed by atoms with Gasteiger partial charge >= 0.3 is 0 Å². The second-order valence-electron chi connectivity index (χ2n) is 6.36. The number of aromatic nitrogens is 2. The van der Waals surface area contributed by atoms with Crippen LogP contribution in [0.25, 0.3) is 0 Å². The van der Waals surface area contributed by atoms with Gasteiger partial charge in [0.1, 0.15) is 0 Å². The minimum Gasteiger partial charge on any atom is -0.339 e. The molecule has 2 atom stereocenters. The Morgan fingerprint density at radius 1 is 1.19 bits per heavy atom. The Morgan fingerprint density at radius 3 is 2.86 bits per heavy atom. The molecular weight excluding hydrogens is 282 g/mol. The van der Waals surface area contributed by atoms with E-state index in [4.69, 9.17) is 4.52 Å². The van der Waals surface area contributed by atoms with Gasteiger partial charge in [0.2, 0.25) is 5.89 Å². The lowest BCUT2D eigenvalue weighted by Gasteiger charge is -2.17. The molecule has 2 saturated carbocycles. The van der Waals surface area contributed by atoms with Gasteiger partial charge in [-0.05, 0) is 38.6 Å². The van der Waals surface area contributed by atoms with Gasteiger partial charge in [0.05, 0.1) is 11.7 Å². The van der Waals surface area contributed by atoms with Crippen molar-refractivity contribution in [1.29, 1.82) is 0 Å². The van der Waals surface area contributed by atoms with Crippen LogP contribution < -0.4 is 5.32 Å². The SMILES string of the molecule is CCCNC1CCCC1c1nc(CSC2CCCC2)no1. The fourth-order valence-electron chi connectivity index (χ4n) is 3.55. The molecule has 5 heteroatoms. The van der Waals surface area contributed by atoms with Crippen molar-refractivity contribution in [3.63, 3.8) is 0 Å². The van der Waals surface area contributed by atoms with Gasteiger partial charge in [0, 0.05) is 11.3 Å². The molecule has 118 valence electrons. The maximum Gasteiger partial charge on any atom is 0.231 e. The van der Waals surface area contributed by atoms with Crippen molar-refractivity contribution >= 4 is 11.8 Å². The van der Waals surface area contributed by atoms with Gasteiger partial charge < -0.3 is 9.84 Å². The van der Waals surface area contributed by atoms with E-state index in [1.807, 2.05) is 11.8 Å². The summed E-state index contributed by atoms with van der Waals surface area (Å²) in [5.74, 6) is 3.09. The van der Waals surface area contributed by atoms with E-state index in [1.165, 1.54) is 51.4 Å². The summed E-state index contributed by atoms with van der Waals surface area (Å²) in [5.41, 5.74) is 0. The van der Waals surface area contributed by atoms with Crippen molar-refractivity contribution in [2.24, 2.45) is 0 Å². The predicted octanol–water partition coefficient (Wildman–Crippen LogP) is 3.88. The molecule has 2 aliphatic rings. The summed E-state index contributed by atoms with van der Waals surface area (Å²) >= 11 is 2.01. The average molecular weight is 309 g/mol. The van der Waals surface area contributed by atoms with Gasteiger partial charge in [0.15, 0.2) is 5.82 Å². The van der Waals surface area contributed by atoms with E-state index < -0.39 is 0 Å². The minimum atomic E-state index is 0.425. The van der Waals surface area contributed by atoms with Crippen LogP contribution in [0.3, 0.4) is 0 Å². The van der Waals surface area contributed by atoms with Crippen LogP contribution >= 0.6 is 11.8 Å². The van der Waals surface area contributed by atoms with Crippen LogP contribution in [0, 0.1) is 0 Å². The van der Waals surface area contributed by atoms with Gasteiger partial charge in [-0.3, -0.25) is 0 Å². The zero-order chi connectivity index (χ0) is 14.5. The Bertz CT molecular complexity index is 431. The predicted molar refractivity (Wildman–Crippen MR) is 86.5 cm³/mol. The van der Waals surface area contributed by atoms with Gasteiger partial charge in [-0.15, -0.1) is 0 Å². The van der Waals surface area contributed by atoms with Crippen LogP contribution in [0.2, 0.25) is 0 Å². The average Bonchev–Trinajstić information content (AvgIpc) is 3.22. The zero-order valence-corrected chi connectivity index (χ0v) is 13.8. The normalized spacial score (nSPS) is 26.7. The number of nitrogens with one attached hydrogen (secondary N) is 1. The molecule has 0 amide bonds. The number of hydrogen-bond donors (Lipinski definition) is 1. The maximum atomic E-state index is 5.56. The standard InChI is InChI=1S/C16H27N3OS/c1-2-10-17-14-9-5-8-13(14)16-18-15(19-20-16)11-21-12-6-3-4-7-12/h12-14,17H,2-11H2,1H3. The quantitative estimate of drug-likeness (QED) is 0.828. The van der Waals surface area contributed by atoms with Crippen LogP contribution in [-0.2, 0) is 5.75 Å². The van der Waals surface area contributed by atoms with Crippen molar-refractivity contribution < 1.29 is 4.52 Å². The molecule has 3 rings (SSSR count). The molecule has 4 nitrogen and oxygen atoms in total. The molecule has 1 heterocycles. The van der Waals surface area contributed by atoms with Crippen LogP contribution in [-0.4, -0.2) is 28.0 Å². The van der Waals surface area contributed by atoms with E-state index >= 15 is 0 Å². The van der Waals surface area contributed by atoms with E-state index in [1.54, 1.807) is 0 Å². The van der Waals surface area contributed by atoms with E-state index in [9.17, 15) is 0 Å². The van der Waals surface area contributed by atoms with Crippen molar-refractivity contribution in [2.45, 2.75) is 81.3 Å². The van der Waals surface area contributed by atoms with Gasteiger partial charge in [-0.25, -0.2) is 0 Å². The molecule has 2 unspecified atom stereocenters. The Balaban J connectivity index is 1.53. The third kappa shape index (κ3) is 4.01. The van der Waals surface area contributed by atoms with Crippen LogP contribution in [0.5, 0.6) is 0 Å². The van der Waals surface area contributed by atoms with E-state index in [2.05, 4.69) is 22.4 Å². The maximum absolute atomic E-state index is 5.56. The van der Waals surface area contributed by atoms with E-state index in [0.29, 0.717) is 12.0 Å². The van der Waals surface area contributed by atoms with E-state index in [-0.39, 0.29) is 0 Å². The minimum absolute atomic E-state index is 0.425. The second kappa shape index (κ2) is 7.63. The molecule has 0 aliphatic heterocycles. The molecule has 1 aromatic heterocycles. The molecule has 0 aromatic carbocycles. The molecule has 0 bridgehead atoms. The molecule has 21 heavy (non-hydrogen) atoms. The third-order valence-corrected chi connectivity index (χ3v) is 6.09. The highest BCUT2D eigenvalue weighted by Crippen LogP contribution is 2.35. The first-order valence-electron chi connectivity index (χ1n) is 8.54. The third-order valence-electron chi connectivity index (χ3n) is 4.72. The first kappa shape index (κ1) is 15.3. The molecule has 2 fully saturated rings. The fourth-order valence-corrected chi connectivity index (χ4v) is 4.72. The smallest absolute Gasteiger partial charge is 0.231 e.